The maximum absolute atomic E-state index is 6.53. The zero-order valence-corrected chi connectivity index (χ0v) is 19.0. The molecule has 0 aliphatic rings. The van der Waals surface area contributed by atoms with Crippen LogP contribution in [0.4, 0.5) is 0 Å². The maximum atomic E-state index is 6.53. The number of para-hydroxylation sites is 1. The molecule has 5 aromatic rings. The minimum absolute atomic E-state index is 0.352. The average molecular weight is 472 g/mol. The number of ether oxygens (including phenoxy) is 1. The molecule has 0 saturated heterocycles. The van der Waals surface area contributed by atoms with Crippen LogP contribution in [0.25, 0.3) is 40.2 Å². The third-order valence-corrected chi connectivity index (χ3v) is 5.34. The quantitative estimate of drug-likeness (QED) is 0.341. The largest absolute Gasteiger partial charge is 0.481 e. The lowest BCUT2D eigenvalue weighted by atomic mass is 10.2. The highest BCUT2D eigenvalue weighted by atomic mass is 35.5. The molecule has 0 unspecified atom stereocenters. The van der Waals surface area contributed by atoms with E-state index in [1.807, 2.05) is 54.0 Å². The van der Waals surface area contributed by atoms with Crippen molar-refractivity contribution in [3.63, 3.8) is 0 Å². The summed E-state index contributed by atoms with van der Waals surface area (Å²) in [5.74, 6) is 2.35. The topological polar surface area (TPSA) is 105 Å². The van der Waals surface area contributed by atoms with E-state index in [0.29, 0.717) is 45.5 Å². The first-order chi connectivity index (χ1) is 16.6. The molecule has 9 nitrogen and oxygen atoms in total. The van der Waals surface area contributed by atoms with Gasteiger partial charge < -0.3 is 9.15 Å². The highest BCUT2D eigenvalue weighted by Gasteiger charge is 2.18. The predicted octanol–water partition coefficient (Wildman–Crippen LogP) is 5.00. The molecule has 0 saturated carbocycles. The zero-order valence-electron chi connectivity index (χ0n) is 18.3. The van der Waals surface area contributed by atoms with Crippen molar-refractivity contribution in [1.29, 1.82) is 0 Å². The van der Waals surface area contributed by atoms with Crippen molar-refractivity contribution >= 4 is 23.3 Å². The van der Waals surface area contributed by atoms with Gasteiger partial charge in [0, 0.05) is 41.4 Å². The van der Waals surface area contributed by atoms with E-state index >= 15 is 0 Å². The molecule has 168 valence electrons. The summed E-state index contributed by atoms with van der Waals surface area (Å²) < 4.78 is 12.9. The van der Waals surface area contributed by atoms with Gasteiger partial charge in [0.15, 0.2) is 11.6 Å². The third-order valence-electron chi connectivity index (χ3n) is 5.02. The van der Waals surface area contributed by atoms with Crippen LogP contribution in [0, 0.1) is 0 Å². The molecule has 0 fully saturated rings. The van der Waals surface area contributed by atoms with Crippen molar-refractivity contribution in [3.8, 4) is 34.4 Å². The molecule has 0 N–H and O–H groups in total. The van der Waals surface area contributed by atoms with Crippen LogP contribution in [0.2, 0.25) is 5.02 Å². The Morgan fingerprint density at radius 3 is 2.56 bits per heavy atom. The van der Waals surface area contributed by atoms with Crippen molar-refractivity contribution in [2.45, 2.75) is 6.92 Å². The normalized spacial score (nSPS) is 11.6. The number of hydrogen-bond donors (Lipinski definition) is 0. The van der Waals surface area contributed by atoms with Crippen molar-refractivity contribution in [2.24, 2.45) is 0 Å². The Morgan fingerprint density at radius 1 is 0.971 bits per heavy atom. The Morgan fingerprint density at radius 2 is 1.76 bits per heavy atom. The number of nitrogens with zero attached hydrogens (tertiary/aromatic N) is 7. The number of pyridine rings is 2. The van der Waals surface area contributed by atoms with Crippen LogP contribution in [0.15, 0.2) is 71.5 Å². The van der Waals surface area contributed by atoms with Gasteiger partial charge in [-0.2, -0.15) is 0 Å². The van der Waals surface area contributed by atoms with Gasteiger partial charge in [-0.15, -0.1) is 20.4 Å². The number of halogens is 1. The van der Waals surface area contributed by atoms with Gasteiger partial charge in [-0.1, -0.05) is 23.7 Å². The average Bonchev–Trinajstić information content (AvgIpc) is 3.53. The molecule has 0 amide bonds. The van der Waals surface area contributed by atoms with E-state index < -0.39 is 0 Å². The smallest absolute Gasteiger partial charge is 0.248 e. The van der Waals surface area contributed by atoms with Crippen LogP contribution in [0.3, 0.4) is 0 Å². The molecular weight excluding hydrogens is 454 g/mol. The van der Waals surface area contributed by atoms with Crippen LogP contribution in [0.5, 0.6) is 5.88 Å². The minimum Gasteiger partial charge on any atom is -0.481 e. The number of aromatic nitrogens is 7. The molecule has 5 rings (SSSR count). The maximum Gasteiger partial charge on any atom is 0.248 e. The number of allylic oxidation sites excluding steroid dienone is 1. The summed E-state index contributed by atoms with van der Waals surface area (Å²) in [7, 11) is 1.55. The summed E-state index contributed by atoms with van der Waals surface area (Å²) in [4.78, 5) is 8.19. The number of rotatable bonds is 6. The Bertz CT molecular complexity index is 1480. The zero-order chi connectivity index (χ0) is 23.5. The fraction of sp³-hybridized carbons (Fsp3) is 0.0833. The summed E-state index contributed by atoms with van der Waals surface area (Å²) in [6.07, 6.45) is 6.85. The second-order valence-electron chi connectivity index (χ2n) is 7.23. The lowest BCUT2D eigenvalue weighted by Gasteiger charge is -2.11. The second-order valence-corrected chi connectivity index (χ2v) is 7.64. The molecule has 0 radical (unpaired) electrons. The molecule has 0 aliphatic heterocycles. The van der Waals surface area contributed by atoms with Gasteiger partial charge >= 0.3 is 0 Å². The third kappa shape index (κ3) is 4.16. The molecule has 0 bridgehead atoms. The van der Waals surface area contributed by atoms with E-state index in [1.165, 1.54) is 0 Å². The first kappa shape index (κ1) is 21.5. The fourth-order valence-corrected chi connectivity index (χ4v) is 3.58. The molecule has 34 heavy (non-hydrogen) atoms. The first-order valence-corrected chi connectivity index (χ1v) is 10.6. The molecule has 4 aromatic heterocycles. The van der Waals surface area contributed by atoms with Gasteiger partial charge in [0.2, 0.25) is 17.7 Å². The van der Waals surface area contributed by atoms with Gasteiger partial charge in [-0.3, -0.25) is 9.55 Å². The van der Waals surface area contributed by atoms with Crippen LogP contribution >= 0.6 is 11.6 Å². The lowest BCUT2D eigenvalue weighted by molar-refractivity contribution is 0.398. The summed E-state index contributed by atoms with van der Waals surface area (Å²) in [6.45, 7) is 1.86. The SMILES string of the molecule is COc1cc(-c2nnc(/C(C)=C\c3nnc(-c4ccncc4)n3-c3ccccc3Cl)o2)ccn1. The monoisotopic (exact) mass is 471 g/mol. The Kier molecular flexibility index (Phi) is 5.84. The van der Waals surface area contributed by atoms with E-state index in [1.54, 1.807) is 37.8 Å². The van der Waals surface area contributed by atoms with E-state index in [2.05, 4.69) is 30.4 Å². The van der Waals surface area contributed by atoms with Gasteiger partial charge in [-0.05, 0) is 43.3 Å². The molecule has 0 atom stereocenters. The lowest BCUT2D eigenvalue weighted by Crippen LogP contribution is -2.01. The van der Waals surface area contributed by atoms with Crippen LogP contribution in [-0.4, -0.2) is 42.0 Å². The predicted molar refractivity (Wildman–Crippen MR) is 127 cm³/mol. The second kappa shape index (κ2) is 9.24. The van der Waals surface area contributed by atoms with E-state index in [4.69, 9.17) is 20.8 Å². The number of methoxy groups -OCH3 is 1. The summed E-state index contributed by atoms with van der Waals surface area (Å²) in [5, 5.41) is 17.7. The Labute approximate surface area is 199 Å². The van der Waals surface area contributed by atoms with Crippen LogP contribution in [0.1, 0.15) is 18.6 Å². The Hall–Kier alpha value is -4.37. The molecular formula is C24H18ClN7O2. The van der Waals surface area contributed by atoms with Gasteiger partial charge in [0.1, 0.15) is 0 Å². The van der Waals surface area contributed by atoms with Crippen molar-refractivity contribution in [3.05, 3.63) is 83.9 Å². The van der Waals surface area contributed by atoms with Gasteiger partial charge in [0.05, 0.1) is 17.8 Å². The minimum atomic E-state index is 0.352. The summed E-state index contributed by atoms with van der Waals surface area (Å²) in [6, 6.07) is 14.7. The van der Waals surface area contributed by atoms with Gasteiger partial charge in [0.25, 0.3) is 0 Å². The van der Waals surface area contributed by atoms with Crippen LogP contribution < -0.4 is 4.74 Å². The Balaban J connectivity index is 1.57. The summed E-state index contributed by atoms with van der Waals surface area (Å²) in [5.41, 5.74) is 3.01. The summed E-state index contributed by atoms with van der Waals surface area (Å²) >= 11 is 6.53. The van der Waals surface area contributed by atoms with Gasteiger partial charge in [-0.25, -0.2) is 4.98 Å². The van der Waals surface area contributed by atoms with Crippen molar-refractivity contribution in [1.82, 2.24) is 34.9 Å². The van der Waals surface area contributed by atoms with E-state index in [9.17, 15) is 0 Å². The molecule has 4 heterocycles. The molecule has 10 heteroatoms. The van der Waals surface area contributed by atoms with E-state index in [0.717, 1.165) is 11.3 Å². The van der Waals surface area contributed by atoms with Crippen molar-refractivity contribution in [2.75, 3.05) is 7.11 Å². The van der Waals surface area contributed by atoms with Crippen LogP contribution in [-0.2, 0) is 0 Å². The first-order valence-electron chi connectivity index (χ1n) is 10.3. The van der Waals surface area contributed by atoms with Crippen molar-refractivity contribution < 1.29 is 9.15 Å². The highest BCUT2D eigenvalue weighted by molar-refractivity contribution is 6.32. The molecule has 0 aliphatic carbocycles. The van der Waals surface area contributed by atoms with E-state index in [-0.39, 0.29) is 0 Å². The number of benzene rings is 1. The number of hydrogen-bond acceptors (Lipinski definition) is 8. The molecule has 1 aromatic carbocycles. The molecule has 0 spiro atoms. The standard InChI is InChI=1S/C24H18ClN7O2/c1-15(23-30-31-24(34-23)17-9-12-27-21(14-17)33-2)13-20-28-29-22(16-7-10-26-11-8-16)32(20)19-6-4-3-5-18(19)25/h3-14H,1-2H3/b15-13-. The highest BCUT2D eigenvalue weighted by Crippen LogP contribution is 2.29. The fourth-order valence-electron chi connectivity index (χ4n) is 3.36.